The van der Waals surface area contributed by atoms with Gasteiger partial charge in [0, 0.05) is 41.1 Å². The highest BCUT2D eigenvalue weighted by molar-refractivity contribution is 7.17. The zero-order chi connectivity index (χ0) is 26.2. The minimum atomic E-state index is -0.580. The molecule has 6 rings (SSSR count). The number of nitrogens with zero attached hydrogens (tertiary/aromatic N) is 4. The van der Waals surface area contributed by atoms with Crippen molar-refractivity contribution in [1.29, 1.82) is 0 Å². The Hall–Kier alpha value is -3.12. The maximum atomic E-state index is 13.0. The van der Waals surface area contributed by atoms with E-state index in [-0.39, 0.29) is 37.3 Å². The summed E-state index contributed by atoms with van der Waals surface area (Å²) in [5, 5.41) is 16.7. The van der Waals surface area contributed by atoms with Crippen molar-refractivity contribution in [2.45, 2.75) is 25.1 Å². The summed E-state index contributed by atoms with van der Waals surface area (Å²) < 4.78 is 9.09. The predicted octanol–water partition coefficient (Wildman–Crippen LogP) is 5.60. The van der Waals surface area contributed by atoms with Crippen LogP contribution in [0.15, 0.2) is 66.4 Å². The summed E-state index contributed by atoms with van der Waals surface area (Å²) in [6, 6.07) is 14.8. The Bertz CT molecular complexity index is 1640. The van der Waals surface area contributed by atoms with Gasteiger partial charge in [-0.25, -0.2) is 9.97 Å². The minimum Gasteiger partial charge on any atom is -0.455 e. The van der Waals surface area contributed by atoms with Crippen molar-refractivity contribution in [2.24, 2.45) is 5.73 Å². The number of hydrogen-bond donors (Lipinski definition) is 3. The molecule has 13 heteroatoms. The first kappa shape index (κ1) is 29.9. The first-order valence-electron chi connectivity index (χ1n) is 12.2. The van der Waals surface area contributed by atoms with E-state index >= 15 is 0 Å². The predicted molar refractivity (Wildman–Crippen MR) is 164 cm³/mol. The molecule has 0 spiro atoms. The fourth-order valence-electron chi connectivity index (χ4n) is 4.67. The lowest BCUT2D eigenvalue weighted by atomic mass is 10.0. The fraction of sp³-hybridized carbons (Fsp3) is 0.222. The number of nitrogens with two attached hydrogens (primary N) is 1. The Balaban J connectivity index is 0.00000185. The second-order valence-corrected chi connectivity index (χ2v) is 10.6. The number of amides is 1. The number of likely N-dealkylation sites (tertiary alicyclic amines) is 1. The van der Waals surface area contributed by atoms with Crippen molar-refractivity contribution < 1.29 is 14.6 Å². The molecule has 1 fully saturated rings. The van der Waals surface area contributed by atoms with Gasteiger partial charge in [-0.15, -0.1) is 36.2 Å². The number of aliphatic hydroxyl groups excluding tert-OH is 1. The summed E-state index contributed by atoms with van der Waals surface area (Å²) in [6.07, 6.45) is 3.18. The van der Waals surface area contributed by atoms with Gasteiger partial charge in [-0.3, -0.25) is 4.79 Å². The molecule has 4 heterocycles. The lowest BCUT2D eigenvalue weighted by Gasteiger charge is -2.34. The van der Waals surface area contributed by atoms with Gasteiger partial charge < -0.3 is 30.4 Å². The van der Waals surface area contributed by atoms with Crippen molar-refractivity contribution in [1.82, 2.24) is 19.4 Å². The number of aliphatic hydroxyl groups is 1. The summed E-state index contributed by atoms with van der Waals surface area (Å²) in [7, 11) is 0. The highest BCUT2D eigenvalue weighted by atomic mass is 35.5. The van der Waals surface area contributed by atoms with Crippen LogP contribution in [-0.2, 0) is 11.3 Å². The molecule has 9 nitrogen and oxygen atoms in total. The van der Waals surface area contributed by atoms with Gasteiger partial charge in [0.2, 0.25) is 5.91 Å². The van der Waals surface area contributed by atoms with Gasteiger partial charge >= 0.3 is 0 Å². The Morgan fingerprint density at radius 3 is 2.83 bits per heavy atom. The van der Waals surface area contributed by atoms with Gasteiger partial charge in [0.05, 0.1) is 16.6 Å². The van der Waals surface area contributed by atoms with Crippen molar-refractivity contribution >= 4 is 86.3 Å². The fourth-order valence-corrected chi connectivity index (χ4v) is 5.69. The Morgan fingerprint density at radius 1 is 1.18 bits per heavy atom. The number of piperidine rings is 1. The lowest BCUT2D eigenvalue weighted by molar-refractivity contribution is -0.134. The highest BCUT2D eigenvalue weighted by Gasteiger charge is 2.28. The van der Waals surface area contributed by atoms with Crippen molar-refractivity contribution in [2.75, 3.05) is 18.4 Å². The smallest absolute Gasteiger partial charge is 0.242 e. The third-order valence-corrected chi connectivity index (χ3v) is 7.88. The Kier molecular flexibility index (Phi) is 9.40. The summed E-state index contributed by atoms with van der Waals surface area (Å²) in [6.45, 7) is 0.910. The van der Waals surface area contributed by atoms with Crippen LogP contribution in [0.2, 0.25) is 5.02 Å². The number of fused-ring (bicyclic) bond motifs is 2. The number of thiophene rings is 1. The van der Waals surface area contributed by atoms with Crippen LogP contribution >= 0.6 is 47.8 Å². The molecule has 4 N–H and O–H groups in total. The van der Waals surface area contributed by atoms with Gasteiger partial charge in [0.25, 0.3) is 0 Å². The van der Waals surface area contributed by atoms with Gasteiger partial charge in [0.15, 0.2) is 5.82 Å². The molecule has 1 amide bonds. The van der Waals surface area contributed by atoms with Crippen LogP contribution < -0.4 is 15.8 Å². The van der Waals surface area contributed by atoms with E-state index in [9.17, 15) is 9.90 Å². The van der Waals surface area contributed by atoms with Crippen LogP contribution in [0.25, 0.3) is 21.1 Å². The molecular formula is C27H27Cl3N6O3S. The molecule has 5 aromatic rings. The second kappa shape index (κ2) is 12.6. The number of carbonyl (C=O) groups excluding carboxylic acids is 1. The number of hydrogen-bond acceptors (Lipinski definition) is 8. The average Bonchev–Trinajstić information content (AvgIpc) is 3.56. The van der Waals surface area contributed by atoms with E-state index in [0.717, 1.165) is 15.8 Å². The van der Waals surface area contributed by atoms with Crippen LogP contribution in [0, 0.1) is 0 Å². The number of halogens is 3. The van der Waals surface area contributed by atoms with Gasteiger partial charge in [-0.2, -0.15) is 0 Å². The van der Waals surface area contributed by atoms with E-state index in [4.69, 9.17) is 22.1 Å². The van der Waals surface area contributed by atoms with Crippen molar-refractivity contribution in [3.05, 3.63) is 71.5 Å². The largest absolute Gasteiger partial charge is 0.455 e. The normalized spacial score (nSPS) is 16.8. The molecule has 0 aliphatic carbocycles. The van der Waals surface area contributed by atoms with E-state index in [1.807, 2.05) is 52.5 Å². The molecule has 0 bridgehead atoms. The standard InChI is InChI=1S/C27H25ClN6O3S.2ClH/c28-18-12-16(4-5-23(18)37-22-2-1-3-24-17(22)8-11-38-24)32-27-26-20(30-15-31-27)6-9-34(26)14-25(36)33-10-7-21(35)19(29)13-33;;/h1-6,8-9,11-12,15,19,21,35H,7,10,13-14,29H2,(H,30,31,32);2*1H. The van der Waals surface area contributed by atoms with Crippen molar-refractivity contribution in [3.8, 4) is 11.5 Å². The third kappa shape index (κ3) is 5.97. The SMILES string of the molecule is Cl.Cl.NC1CN(C(=O)Cn2ccc3ncnc(Nc4ccc(Oc5cccc6sccc56)c(Cl)c4)c32)CCC1O. The van der Waals surface area contributed by atoms with Crippen LogP contribution in [0.5, 0.6) is 11.5 Å². The third-order valence-electron chi connectivity index (χ3n) is 6.70. The van der Waals surface area contributed by atoms with Crippen LogP contribution in [0.4, 0.5) is 11.5 Å². The highest BCUT2D eigenvalue weighted by Crippen LogP contribution is 2.37. The molecule has 3 aromatic heterocycles. The Labute approximate surface area is 251 Å². The number of nitrogens with one attached hydrogen (secondary N) is 1. The van der Waals surface area contributed by atoms with Gasteiger partial charge in [0.1, 0.15) is 29.9 Å². The molecule has 0 radical (unpaired) electrons. The second-order valence-electron chi connectivity index (χ2n) is 9.22. The minimum absolute atomic E-state index is 0. The first-order valence-corrected chi connectivity index (χ1v) is 13.4. The Morgan fingerprint density at radius 2 is 2.02 bits per heavy atom. The summed E-state index contributed by atoms with van der Waals surface area (Å²) in [5.41, 5.74) is 8.08. The lowest BCUT2D eigenvalue weighted by Crippen LogP contribution is -2.53. The number of carbonyl (C=O) groups is 1. The molecule has 1 saturated heterocycles. The molecule has 2 unspecified atom stereocenters. The van der Waals surface area contributed by atoms with E-state index in [2.05, 4.69) is 21.4 Å². The molecule has 0 saturated carbocycles. The zero-order valence-corrected chi connectivity index (χ0v) is 24.3. The van der Waals surface area contributed by atoms with E-state index in [1.54, 1.807) is 22.3 Å². The number of ether oxygens (including phenoxy) is 1. The van der Waals surface area contributed by atoms with E-state index in [0.29, 0.717) is 52.8 Å². The van der Waals surface area contributed by atoms with E-state index < -0.39 is 12.1 Å². The number of anilines is 2. The average molecular weight is 622 g/mol. The molecule has 1 aliphatic heterocycles. The summed E-state index contributed by atoms with van der Waals surface area (Å²) in [5.74, 6) is 1.76. The number of rotatable bonds is 6. The number of benzene rings is 2. The topological polar surface area (TPSA) is 119 Å². The summed E-state index contributed by atoms with van der Waals surface area (Å²) >= 11 is 8.26. The first-order chi connectivity index (χ1) is 18.5. The van der Waals surface area contributed by atoms with E-state index in [1.165, 1.54) is 6.33 Å². The molecule has 40 heavy (non-hydrogen) atoms. The maximum Gasteiger partial charge on any atom is 0.242 e. The molecule has 2 aromatic carbocycles. The van der Waals surface area contributed by atoms with Gasteiger partial charge in [-0.05, 0) is 54.3 Å². The molecular weight excluding hydrogens is 595 g/mol. The maximum absolute atomic E-state index is 13.0. The quantitative estimate of drug-likeness (QED) is 0.226. The number of aromatic nitrogens is 3. The van der Waals surface area contributed by atoms with Crippen LogP contribution in [0.3, 0.4) is 0 Å². The molecule has 210 valence electrons. The van der Waals surface area contributed by atoms with Crippen molar-refractivity contribution in [3.63, 3.8) is 0 Å². The van der Waals surface area contributed by atoms with Gasteiger partial charge in [-0.1, -0.05) is 17.7 Å². The zero-order valence-electron chi connectivity index (χ0n) is 21.1. The van der Waals surface area contributed by atoms with Crippen LogP contribution in [-0.4, -0.2) is 55.7 Å². The summed E-state index contributed by atoms with van der Waals surface area (Å²) in [4.78, 5) is 23.5. The monoisotopic (exact) mass is 620 g/mol. The molecule has 2 atom stereocenters. The van der Waals surface area contributed by atoms with Crippen LogP contribution in [0.1, 0.15) is 6.42 Å². The molecule has 1 aliphatic rings.